The number of hydrogen-bond donors (Lipinski definition) is 2. The second-order valence-corrected chi connectivity index (χ2v) is 5.17. The minimum absolute atomic E-state index is 0.0752. The highest BCUT2D eigenvalue weighted by atomic mass is 16.5. The maximum atomic E-state index is 12.3. The number of anilines is 1. The minimum atomic E-state index is -1.11. The van der Waals surface area contributed by atoms with Gasteiger partial charge in [0, 0.05) is 12.8 Å². The summed E-state index contributed by atoms with van der Waals surface area (Å²) in [5.41, 5.74) is 0.992. The molecular weight excluding hydrogens is 326 g/mol. The zero-order chi connectivity index (χ0) is 18.2. The van der Waals surface area contributed by atoms with Gasteiger partial charge in [-0.05, 0) is 32.0 Å². The number of aromatic nitrogens is 2. The van der Waals surface area contributed by atoms with Crippen LogP contribution in [0.5, 0.6) is 0 Å². The first kappa shape index (κ1) is 18.6. The molecule has 0 aliphatic rings. The Morgan fingerprint density at radius 3 is 2.72 bits per heavy atom. The van der Waals surface area contributed by atoms with Gasteiger partial charge in [0.15, 0.2) is 5.69 Å². The third kappa shape index (κ3) is 5.13. The average molecular weight is 347 g/mol. The predicted octanol–water partition coefficient (Wildman–Crippen LogP) is 1.95. The van der Waals surface area contributed by atoms with Crippen molar-refractivity contribution in [2.45, 2.75) is 20.0 Å². The lowest BCUT2D eigenvalue weighted by Crippen LogP contribution is -2.29. The Hall–Kier alpha value is -2.71. The van der Waals surface area contributed by atoms with Crippen molar-refractivity contribution in [1.82, 2.24) is 9.78 Å². The molecule has 0 fully saturated rings. The maximum Gasteiger partial charge on any atom is 0.356 e. The maximum absolute atomic E-state index is 12.3. The molecule has 2 rings (SSSR count). The van der Waals surface area contributed by atoms with Crippen molar-refractivity contribution in [2.75, 3.05) is 25.1 Å². The number of carbonyl (C=O) groups excluding carboxylic acids is 1. The summed E-state index contributed by atoms with van der Waals surface area (Å²) in [6.45, 7) is 4.89. The normalized spacial score (nSPS) is 11.9. The second kappa shape index (κ2) is 8.95. The van der Waals surface area contributed by atoms with Crippen LogP contribution < -0.4 is 5.32 Å². The molecule has 134 valence electrons. The van der Waals surface area contributed by atoms with Crippen LogP contribution in [0.1, 0.15) is 24.3 Å². The van der Waals surface area contributed by atoms with Crippen molar-refractivity contribution in [3.05, 3.63) is 42.2 Å². The number of nitrogens with one attached hydrogen (secondary N) is 1. The summed E-state index contributed by atoms with van der Waals surface area (Å²) in [6, 6.07) is 8.37. The number of para-hydroxylation sites is 2. The van der Waals surface area contributed by atoms with Crippen LogP contribution >= 0.6 is 0 Å². The molecule has 2 aromatic rings. The Labute approximate surface area is 145 Å². The number of carboxylic acid groups (broad SMARTS) is 1. The summed E-state index contributed by atoms with van der Waals surface area (Å²) >= 11 is 0. The number of benzene rings is 1. The summed E-state index contributed by atoms with van der Waals surface area (Å²) in [6.07, 6.45) is 0.872. The lowest BCUT2D eigenvalue weighted by molar-refractivity contribution is -0.127. The smallest absolute Gasteiger partial charge is 0.356 e. The minimum Gasteiger partial charge on any atom is -0.476 e. The van der Waals surface area contributed by atoms with Crippen LogP contribution in [-0.2, 0) is 14.3 Å². The summed E-state index contributed by atoms with van der Waals surface area (Å²) in [5, 5.41) is 15.7. The summed E-state index contributed by atoms with van der Waals surface area (Å²) in [4.78, 5) is 23.2. The SMILES string of the molecule is CCOCCOC(C)C(=O)Nc1ccccc1-n1ccc(C(=O)O)n1. The topological polar surface area (TPSA) is 103 Å². The molecule has 1 aromatic heterocycles. The molecule has 1 amide bonds. The van der Waals surface area contributed by atoms with Gasteiger partial charge in [-0.3, -0.25) is 4.79 Å². The zero-order valence-electron chi connectivity index (χ0n) is 14.1. The van der Waals surface area contributed by atoms with Gasteiger partial charge in [0.1, 0.15) is 6.10 Å². The molecule has 0 radical (unpaired) electrons. The predicted molar refractivity (Wildman–Crippen MR) is 91.1 cm³/mol. The van der Waals surface area contributed by atoms with Crippen LogP contribution in [0.3, 0.4) is 0 Å². The van der Waals surface area contributed by atoms with Crippen molar-refractivity contribution >= 4 is 17.6 Å². The molecule has 0 spiro atoms. The second-order valence-electron chi connectivity index (χ2n) is 5.17. The van der Waals surface area contributed by atoms with E-state index in [2.05, 4.69) is 10.4 Å². The van der Waals surface area contributed by atoms with Gasteiger partial charge in [-0.2, -0.15) is 5.10 Å². The standard InChI is InChI=1S/C17H21N3O5/c1-3-24-10-11-25-12(2)16(21)18-13-6-4-5-7-15(13)20-9-8-14(19-20)17(22)23/h4-9,12H,3,10-11H2,1-2H3,(H,18,21)(H,22,23). The molecule has 2 N–H and O–H groups in total. The number of rotatable bonds is 9. The van der Waals surface area contributed by atoms with E-state index in [1.54, 1.807) is 31.2 Å². The Balaban J connectivity index is 2.07. The van der Waals surface area contributed by atoms with E-state index < -0.39 is 12.1 Å². The Morgan fingerprint density at radius 2 is 2.04 bits per heavy atom. The first-order chi connectivity index (χ1) is 12.0. The fraction of sp³-hybridized carbons (Fsp3) is 0.353. The molecule has 8 heteroatoms. The van der Waals surface area contributed by atoms with Crippen LogP contribution in [0.25, 0.3) is 5.69 Å². The van der Waals surface area contributed by atoms with E-state index in [4.69, 9.17) is 14.6 Å². The molecule has 0 aliphatic heterocycles. The summed E-state index contributed by atoms with van der Waals surface area (Å²) < 4.78 is 12.0. The first-order valence-corrected chi connectivity index (χ1v) is 7.91. The van der Waals surface area contributed by atoms with Crippen molar-refractivity contribution in [2.24, 2.45) is 0 Å². The Morgan fingerprint density at radius 1 is 1.28 bits per heavy atom. The molecule has 1 aromatic carbocycles. The molecular formula is C17H21N3O5. The van der Waals surface area contributed by atoms with Gasteiger partial charge in [-0.25, -0.2) is 9.48 Å². The first-order valence-electron chi connectivity index (χ1n) is 7.91. The van der Waals surface area contributed by atoms with Crippen LogP contribution in [0, 0.1) is 0 Å². The summed E-state index contributed by atoms with van der Waals surface area (Å²) in [7, 11) is 0. The highest BCUT2D eigenvalue weighted by Gasteiger charge is 2.16. The number of carbonyl (C=O) groups is 2. The molecule has 1 atom stereocenters. The molecule has 25 heavy (non-hydrogen) atoms. The fourth-order valence-electron chi connectivity index (χ4n) is 2.09. The molecule has 8 nitrogen and oxygen atoms in total. The van der Waals surface area contributed by atoms with Gasteiger partial charge in [0.05, 0.1) is 24.6 Å². The van der Waals surface area contributed by atoms with Crippen molar-refractivity contribution in [3.8, 4) is 5.69 Å². The van der Waals surface area contributed by atoms with Gasteiger partial charge in [0.2, 0.25) is 0 Å². The van der Waals surface area contributed by atoms with E-state index in [0.717, 1.165) is 0 Å². The third-order valence-corrected chi connectivity index (χ3v) is 3.39. The lowest BCUT2D eigenvalue weighted by Gasteiger charge is -2.15. The van der Waals surface area contributed by atoms with Crippen LogP contribution in [0.4, 0.5) is 5.69 Å². The zero-order valence-corrected chi connectivity index (χ0v) is 14.1. The molecule has 0 aliphatic carbocycles. The van der Waals surface area contributed by atoms with Gasteiger partial charge >= 0.3 is 5.97 Å². The Bertz CT molecular complexity index is 729. The fourth-order valence-corrected chi connectivity index (χ4v) is 2.09. The summed E-state index contributed by atoms with van der Waals surface area (Å²) in [5.74, 6) is -1.42. The van der Waals surface area contributed by atoms with Crippen LogP contribution in [-0.4, -0.2) is 52.7 Å². The number of carboxylic acids is 1. The van der Waals surface area contributed by atoms with Crippen LogP contribution in [0.2, 0.25) is 0 Å². The van der Waals surface area contributed by atoms with E-state index >= 15 is 0 Å². The van der Waals surface area contributed by atoms with E-state index in [9.17, 15) is 9.59 Å². The quantitative estimate of drug-likeness (QED) is 0.672. The number of nitrogens with zero attached hydrogens (tertiary/aromatic N) is 2. The van der Waals surface area contributed by atoms with Gasteiger partial charge in [0.25, 0.3) is 5.91 Å². The van der Waals surface area contributed by atoms with Gasteiger partial charge in [-0.1, -0.05) is 12.1 Å². The van der Waals surface area contributed by atoms with E-state index in [1.165, 1.54) is 16.9 Å². The molecule has 0 bridgehead atoms. The van der Waals surface area contributed by atoms with E-state index in [-0.39, 0.29) is 11.6 Å². The monoisotopic (exact) mass is 347 g/mol. The van der Waals surface area contributed by atoms with Gasteiger partial charge in [-0.15, -0.1) is 0 Å². The van der Waals surface area contributed by atoms with Crippen molar-refractivity contribution in [1.29, 1.82) is 0 Å². The van der Waals surface area contributed by atoms with Crippen molar-refractivity contribution in [3.63, 3.8) is 0 Å². The number of aromatic carboxylic acids is 1. The molecule has 1 heterocycles. The third-order valence-electron chi connectivity index (χ3n) is 3.39. The molecule has 0 saturated heterocycles. The van der Waals surface area contributed by atoms with Crippen molar-refractivity contribution < 1.29 is 24.2 Å². The number of amides is 1. The average Bonchev–Trinajstić information content (AvgIpc) is 3.09. The van der Waals surface area contributed by atoms with Gasteiger partial charge < -0.3 is 19.9 Å². The Kier molecular flexibility index (Phi) is 6.67. The van der Waals surface area contributed by atoms with E-state index in [1.807, 2.05) is 6.92 Å². The highest BCUT2D eigenvalue weighted by molar-refractivity contribution is 5.95. The largest absolute Gasteiger partial charge is 0.476 e. The van der Waals surface area contributed by atoms with Crippen LogP contribution in [0.15, 0.2) is 36.5 Å². The number of ether oxygens (including phenoxy) is 2. The molecule has 1 unspecified atom stereocenters. The number of hydrogen-bond acceptors (Lipinski definition) is 5. The lowest BCUT2D eigenvalue weighted by atomic mass is 10.2. The van der Waals surface area contributed by atoms with E-state index in [0.29, 0.717) is 31.2 Å². The molecule has 0 saturated carbocycles. The highest BCUT2D eigenvalue weighted by Crippen LogP contribution is 2.20.